The van der Waals surface area contributed by atoms with Crippen LogP contribution in [-0.4, -0.2) is 42.2 Å². The first-order valence-corrected chi connectivity index (χ1v) is 7.26. The van der Waals surface area contributed by atoms with Crippen LogP contribution in [0.15, 0.2) is 28.7 Å². The van der Waals surface area contributed by atoms with E-state index in [1.807, 2.05) is 36.2 Å². The van der Waals surface area contributed by atoms with E-state index in [1.54, 1.807) is 0 Å². The highest BCUT2D eigenvalue weighted by molar-refractivity contribution is 9.10. The van der Waals surface area contributed by atoms with Gasteiger partial charge in [0.25, 0.3) is 0 Å². The Morgan fingerprint density at radius 1 is 1.47 bits per heavy atom. The summed E-state index contributed by atoms with van der Waals surface area (Å²) in [6.45, 7) is 0.846. The maximum atomic E-state index is 11.8. The summed E-state index contributed by atoms with van der Waals surface area (Å²) in [5.41, 5.74) is 0.782. The van der Waals surface area contributed by atoms with Crippen LogP contribution in [-0.2, 0) is 4.79 Å². The van der Waals surface area contributed by atoms with Gasteiger partial charge < -0.3 is 10.4 Å². The molecule has 1 amide bonds. The molecular formula is C14H19BrN2O2. The first-order chi connectivity index (χ1) is 9.04. The van der Waals surface area contributed by atoms with Crippen molar-refractivity contribution >= 4 is 27.5 Å². The number of aliphatic hydroxyl groups is 1. The van der Waals surface area contributed by atoms with Gasteiger partial charge in [-0.15, -0.1) is 0 Å². The summed E-state index contributed by atoms with van der Waals surface area (Å²) in [5.74, 6) is 0.379. The normalized spacial score (nSPS) is 16.4. The van der Waals surface area contributed by atoms with Crippen LogP contribution >= 0.6 is 15.9 Å². The van der Waals surface area contributed by atoms with Crippen LogP contribution in [0.3, 0.4) is 0 Å². The zero-order valence-electron chi connectivity index (χ0n) is 11.0. The summed E-state index contributed by atoms with van der Waals surface area (Å²) in [5, 5.41) is 12.6. The maximum Gasteiger partial charge on any atom is 0.238 e. The quantitative estimate of drug-likeness (QED) is 0.841. The molecule has 0 aliphatic heterocycles. The highest BCUT2D eigenvalue weighted by atomic mass is 79.9. The van der Waals surface area contributed by atoms with Crippen molar-refractivity contribution < 1.29 is 9.90 Å². The van der Waals surface area contributed by atoms with Crippen LogP contribution < -0.4 is 5.32 Å². The first kappa shape index (κ1) is 14.5. The number of aliphatic hydroxyl groups excluding tert-OH is 1. The van der Waals surface area contributed by atoms with Gasteiger partial charge in [0, 0.05) is 16.7 Å². The first-order valence-electron chi connectivity index (χ1n) is 6.46. The average molecular weight is 327 g/mol. The number of hydrogen-bond donors (Lipinski definition) is 2. The Kier molecular flexibility index (Phi) is 4.96. The number of nitrogens with zero attached hydrogens (tertiary/aromatic N) is 1. The smallest absolute Gasteiger partial charge is 0.238 e. The minimum Gasteiger partial charge on any atom is -0.392 e. The molecule has 1 aliphatic rings. The average Bonchev–Trinajstić information content (AvgIpc) is 3.15. The number of rotatable bonds is 6. The molecule has 5 heteroatoms. The molecule has 0 bridgehead atoms. The van der Waals surface area contributed by atoms with Gasteiger partial charge in [-0.1, -0.05) is 15.9 Å². The summed E-state index contributed by atoms with van der Waals surface area (Å²) in [6.07, 6.45) is 1.92. The predicted molar refractivity (Wildman–Crippen MR) is 79.0 cm³/mol. The third-order valence-corrected chi connectivity index (χ3v) is 3.74. The largest absolute Gasteiger partial charge is 0.392 e. The van der Waals surface area contributed by atoms with E-state index in [0.717, 1.165) is 23.0 Å². The Bertz CT molecular complexity index is 432. The van der Waals surface area contributed by atoms with Crippen LogP contribution in [0.1, 0.15) is 12.8 Å². The van der Waals surface area contributed by atoms with E-state index < -0.39 is 0 Å². The highest BCUT2D eigenvalue weighted by Crippen LogP contribution is 2.32. The zero-order valence-corrected chi connectivity index (χ0v) is 12.6. The molecule has 4 nitrogen and oxygen atoms in total. The summed E-state index contributed by atoms with van der Waals surface area (Å²) >= 11 is 3.35. The van der Waals surface area contributed by atoms with Crippen molar-refractivity contribution in [1.29, 1.82) is 0 Å². The van der Waals surface area contributed by atoms with Crippen molar-refractivity contribution in [2.45, 2.75) is 18.9 Å². The fraction of sp³-hybridized carbons (Fsp3) is 0.500. The Hall–Kier alpha value is -0.910. The molecule has 104 valence electrons. The second kappa shape index (κ2) is 6.50. The summed E-state index contributed by atoms with van der Waals surface area (Å²) < 4.78 is 0.982. The fourth-order valence-corrected chi connectivity index (χ4v) is 2.26. The van der Waals surface area contributed by atoms with Crippen LogP contribution in [0.25, 0.3) is 0 Å². The van der Waals surface area contributed by atoms with Gasteiger partial charge in [0.1, 0.15) is 0 Å². The van der Waals surface area contributed by atoms with Crippen molar-refractivity contribution in [3.8, 4) is 0 Å². The number of amides is 1. The highest BCUT2D eigenvalue weighted by Gasteiger charge is 2.30. The van der Waals surface area contributed by atoms with E-state index in [9.17, 15) is 9.90 Å². The Morgan fingerprint density at radius 3 is 2.68 bits per heavy atom. The topological polar surface area (TPSA) is 52.6 Å². The van der Waals surface area contributed by atoms with Crippen molar-refractivity contribution in [2.75, 3.05) is 25.5 Å². The van der Waals surface area contributed by atoms with Gasteiger partial charge in [-0.05, 0) is 50.1 Å². The fourth-order valence-electron chi connectivity index (χ4n) is 1.99. The molecule has 1 atom stereocenters. The predicted octanol–water partition coefficient (Wildman–Crippen LogP) is 2.09. The monoisotopic (exact) mass is 326 g/mol. The second-order valence-corrected chi connectivity index (χ2v) is 6.07. The second-order valence-electron chi connectivity index (χ2n) is 5.16. The summed E-state index contributed by atoms with van der Waals surface area (Å²) in [4.78, 5) is 13.7. The van der Waals surface area contributed by atoms with Gasteiger partial charge in [-0.3, -0.25) is 9.69 Å². The minimum absolute atomic E-state index is 0.0622. The molecule has 2 N–H and O–H groups in total. The number of halogens is 1. The summed E-state index contributed by atoms with van der Waals surface area (Å²) in [7, 11) is 1.85. The van der Waals surface area contributed by atoms with Crippen molar-refractivity contribution in [3.63, 3.8) is 0 Å². The number of nitrogens with one attached hydrogen (secondary N) is 1. The van der Waals surface area contributed by atoms with Crippen molar-refractivity contribution in [3.05, 3.63) is 28.7 Å². The van der Waals surface area contributed by atoms with Crippen molar-refractivity contribution in [1.82, 2.24) is 4.90 Å². The summed E-state index contributed by atoms with van der Waals surface area (Å²) in [6, 6.07) is 7.47. The number of carbonyl (C=O) groups is 1. The van der Waals surface area contributed by atoms with E-state index in [-0.39, 0.29) is 12.0 Å². The van der Waals surface area contributed by atoms with E-state index >= 15 is 0 Å². The van der Waals surface area contributed by atoms with Gasteiger partial charge in [0.05, 0.1) is 12.6 Å². The maximum absolute atomic E-state index is 11.8. The molecule has 0 spiro atoms. The lowest BCUT2D eigenvalue weighted by Crippen LogP contribution is -2.36. The van der Waals surface area contributed by atoms with Crippen LogP contribution in [0.4, 0.5) is 5.69 Å². The zero-order chi connectivity index (χ0) is 13.8. The molecule has 1 aromatic rings. The van der Waals surface area contributed by atoms with Crippen LogP contribution in [0.5, 0.6) is 0 Å². The number of hydrogen-bond acceptors (Lipinski definition) is 3. The molecule has 19 heavy (non-hydrogen) atoms. The Morgan fingerprint density at radius 2 is 2.11 bits per heavy atom. The van der Waals surface area contributed by atoms with E-state index in [0.29, 0.717) is 19.0 Å². The molecule has 1 aromatic carbocycles. The van der Waals surface area contributed by atoms with Crippen LogP contribution in [0.2, 0.25) is 0 Å². The molecule has 1 fully saturated rings. The number of carbonyl (C=O) groups excluding carboxylic acids is 1. The van der Waals surface area contributed by atoms with Gasteiger partial charge in [-0.2, -0.15) is 0 Å². The molecule has 0 saturated heterocycles. The molecule has 1 saturated carbocycles. The SMILES string of the molecule is CN(CC(=O)Nc1ccc(Br)cc1)CC(O)C1CC1. The van der Waals surface area contributed by atoms with E-state index in [1.165, 1.54) is 0 Å². The lowest BCUT2D eigenvalue weighted by atomic mass is 10.2. The standard InChI is InChI=1S/C14H19BrN2O2/c1-17(8-13(18)10-2-3-10)9-14(19)16-12-6-4-11(15)5-7-12/h4-7,10,13,18H,2-3,8-9H2,1H3,(H,16,19). The number of likely N-dealkylation sites (N-methyl/N-ethyl adjacent to an activating group) is 1. The molecular weight excluding hydrogens is 308 g/mol. The number of anilines is 1. The molecule has 2 rings (SSSR count). The molecule has 1 aliphatic carbocycles. The third-order valence-electron chi connectivity index (χ3n) is 3.21. The van der Waals surface area contributed by atoms with Gasteiger partial charge >= 0.3 is 0 Å². The molecule has 0 heterocycles. The lowest BCUT2D eigenvalue weighted by molar-refractivity contribution is -0.117. The van der Waals surface area contributed by atoms with Crippen LogP contribution in [0, 0.1) is 5.92 Å². The van der Waals surface area contributed by atoms with E-state index in [4.69, 9.17) is 0 Å². The number of benzene rings is 1. The van der Waals surface area contributed by atoms with Crippen molar-refractivity contribution in [2.24, 2.45) is 5.92 Å². The Labute approximate surface area is 121 Å². The lowest BCUT2D eigenvalue weighted by Gasteiger charge is -2.19. The molecule has 0 aromatic heterocycles. The molecule has 1 unspecified atom stereocenters. The van der Waals surface area contributed by atoms with Gasteiger partial charge in [-0.25, -0.2) is 0 Å². The van der Waals surface area contributed by atoms with Gasteiger partial charge in [0.2, 0.25) is 5.91 Å². The van der Waals surface area contributed by atoms with E-state index in [2.05, 4.69) is 21.2 Å². The van der Waals surface area contributed by atoms with Gasteiger partial charge in [0.15, 0.2) is 0 Å². The molecule has 0 radical (unpaired) electrons. The Balaban J connectivity index is 1.75. The minimum atomic E-state index is -0.300. The third kappa shape index (κ3) is 4.93.